The molecule has 3 aromatic carbocycles. The number of nitrogens with one attached hydrogen (secondary N) is 3. The third kappa shape index (κ3) is 27.2. The third-order valence-electron chi connectivity index (χ3n) is 23.4. The van der Waals surface area contributed by atoms with E-state index in [0.29, 0.717) is 37.7 Å². The van der Waals surface area contributed by atoms with Gasteiger partial charge in [-0.25, -0.2) is 31.9 Å². The lowest BCUT2D eigenvalue weighted by Crippen LogP contribution is -2.63. The van der Waals surface area contributed by atoms with Crippen LogP contribution in [0.15, 0.2) is 120 Å². The molecule has 6 aliphatic heterocycles. The van der Waals surface area contributed by atoms with Crippen LogP contribution in [0.25, 0.3) is 10.4 Å². The smallest absolute Gasteiger partial charge is 0.408 e. The molecule has 702 valence electrons. The fourth-order valence-corrected chi connectivity index (χ4v) is 16.0. The van der Waals surface area contributed by atoms with E-state index in [0.717, 1.165) is 18.1 Å². The number of ether oxygens (including phenoxy) is 15. The Hall–Kier alpha value is -7.68. The number of ketones is 2. The van der Waals surface area contributed by atoms with Crippen LogP contribution >= 0.6 is 0 Å². The highest BCUT2D eigenvalue weighted by Gasteiger charge is 2.57. The molecule has 6 fully saturated rings. The molecule has 8 aliphatic rings. The fraction of sp³-hybridized carbons (Fsp3) is 0.675. The van der Waals surface area contributed by atoms with E-state index in [1.165, 1.54) is 6.08 Å². The van der Waals surface area contributed by atoms with E-state index in [9.17, 15) is 68.5 Å². The number of carbonyl (C=O) groups excluding carboxylic acids is 5. The zero-order valence-corrected chi connectivity index (χ0v) is 70.0. The number of alkyl carbamates (subject to hydrolysis) is 3. The largest absolute Gasteiger partial charge is 0.445 e. The zero-order valence-electron chi connectivity index (χ0n) is 70.0. The summed E-state index contributed by atoms with van der Waals surface area (Å²) in [5.41, 5.74) is 46.4. The molecule has 0 radical (unpaired) electrons. The number of nitrogens with zero attached hydrogens (tertiary/aromatic N) is 3. The monoisotopic (exact) mass is 1790 g/mol. The second-order valence-electron chi connectivity index (χ2n) is 32.6. The number of Topliss-reactive ketones (excluding diaryl/α,β-unsaturated/α-hetero) is 2. The highest BCUT2D eigenvalue weighted by Crippen LogP contribution is 2.43. The van der Waals surface area contributed by atoms with Gasteiger partial charge in [0.1, 0.15) is 92.6 Å². The molecule has 39 nitrogen and oxygen atoms in total. The Bertz CT molecular complexity index is 4010. The average Bonchev–Trinajstić information content (AvgIpc) is 1.47. The van der Waals surface area contributed by atoms with E-state index >= 15 is 8.78 Å². The summed E-state index contributed by atoms with van der Waals surface area (Å²) < 4.78 is 148. The summed E-state index contributed by atoms with van der Waals surface area (Å²) >= 11 is 0. The molecule has 43 heteroatoms. The maximum atomic E-state index is 15.1. The Morgan fingerprint density at radius 3 is 1.40 bits per heavy atom. The number of hydrogen-bond donors (Lipinski definition) is 16. The van der Waals surface area contributed by atoms with Gasteiger partial charge < -0.3 is 157 Å². The van der Waals surface area contributed by atoms with E-state index in [4.69, 9.17) is 111 Å². The molecule has 0 unspecified atom stereocenters. The van der Waals surface area contributed by atoms with Gasteiger partial charge in [0, 0.05) is 36.9 Å². The lowest BCUT2D eigenvalue weighted by atomic mass is 9.73. The number of aliphatic hydroxyl groups excluding tert-OH is 7. The lowest BCUT2D eigenvalue weighted by molar-refractivity contribution is -0.291. The molecule has 22 N–H and O–H groups in total. The second-order valence-corrected chi connectivity index (χ2v) is 32.6. The van der Waals surface area contributed by atoms with Crippen LogP contribution in [0, 0.1) is 23.7 Å². The van der Waals surface area contributed by atoms with Crippen molar-refractivity contribution in [2.75, 3.05) is 45.9 Å². The van der Waals surface area contributed by atoms with Crippen LogP contribution in [0.1, 0.15) is 95.2 Å². The molecule has 0 bridgehead atoms. The van der Waals surface area contributed by atoms with Crippen LogP contribution in [0.3, 0.4) is 0 Å². The number of nitrogens with two attached hydrogens (primary N) is 6. The molecule has 0 aromatic heterocycles. The molecule has 4 saturated heterocycles. The zero-order chi connectivity index (χ0) is 91.1. The van der Waals surface area contributed by atoms with Crippen molar-refractivity contribution in [3.8, 4) is 0 Å². The standard InChI is InChI=1S/C55H68F2N6O16.C28H52F2N6O11/c1-4-38-20-22-40(61-53(69)72-29-35-16-10-6-11-17-35)49(74-38)77-46-32(2)24-37(25-42(65)33(3)55(56,57)31-60-63-58)44(66)48(46)79-51-45(67)47(43(27-64)76-51)78-50-41(62-54(70)73-30-36-18-12-7-13-19-36)23-21-39(75-50)26-59-52(68)71-28-34-14-8-5-9-15-34;29-28(30,10-33)24(41)17(38)6-11-5-16(36)21(45-25-14(34)3-1-12(7-31)42-25)23(19(11)39)47-27-20(40)22(18(9-37)44-27)46-26-15(35)4-2-13(8-32)43-26/h5-23,32-33,37-41,43-51,64,66-67H,4,24-31H2,1-3H3,(H,59,68)(H,61,69)(H,62,70);11-16,18-27,37,39-41H,1-10,31-36H2/t32-,33+,37-,38+,39+,40+,41+,43+,44-,45+,46+,47+,48+,49+,50+,51-;11-,12-,13+,14+,15+,16-,18+,19-,20+,21+,22+,23+,24+,25+,26+,27-/m00/s1. The molecular weight excluding hydrogens is 1670 g/mol. The molecule has 126 heavy (non-hydrogen) atoms. The number of rotatable bonds is 38. The molecule has 32 atom stereocenters. The van der Waals surface area contributed by atoms with Gasteiger partial charge in [0.2, 0.25) is 0 Å². The predicted molar refractivity (Wildman–Crippen MR) is 433 cm³/mol. The number of amides is 3. The van der Waals surface area contributed by atoms with Gasteiger partial charge in [0.15, 0.2) is 49.6 Å². The van der Waals surface area contributed by atoms with Gasteiger partial charge in [-0.2, -0.15) is 0 Å². The van der Waals surface area contributed by atoms with Gasteiger partial charge in [-0.05, 0) is 91.8 Å². The van der Waals surface area contributed by atoms with Crippen LogP contribution in [-0.4, -0.2) is 295 Å². The molecule has 3 aromatic rings. The number of aliphatic hydroxyl groups is 7. The molecule has 2 aliphatic carbocycles. The Kier molecular flexibility index (Phi) is 38.1. The third-order valence-corrected chi connectivity index (χ3v) is 23.4. The van der Waals surface area contributed by atoms with Gasteiger partial charge in [-0.1, -0.05) is 134 Å². The number of carbonyl (C=O) groups is 5. The second kappa shape index (κ2) is 47.8. The van der Waals surface area contributed by atoms with E-state index in [1.54, 1.807) is 97.9 Å². The van der Waals surface area contributed by atoms with Gasteiger partial charge in [0.05, 0.1) is 93.6 Å². The van der Waals surface area contributed by atoms with Gasteiger partial charge >= 0.3 is 18.3 Å². The maximum absolute atomic E-state index is 15.1. The van der Waals surface area contributed by atoms with Gasteiger partial charge in [-0.3, -0.25) is 9.59 Å². The lowest BCUT2D eigenvalue weighted by Gasteiger charge is -2.46. The fourth-order valence-electron chi connectivity index (χ4n) is 16.0. The first-order chi connectivity index (χ1) is 60.3. The Morgan fingerprint density at radius 1 is 0.524 bits per heavy atom. The maximum Gasteiger partial charge on any atom is 0.408 e. The van der Waals surface area contributed by atoms with Gasteiger partial charge in [-0.15, -0.1) is 0 Å². The van der Waals surface area contributed by atoms with E-state index in [2.05, 4.69) is 26.0 Å². The summed E-state index contributed by atoms with van der Waals surface area (Å²) in [6.07, 6.45) is -24.4. The highest BCUT2D eigenvalue weighted by atomic mass is 19.3. The first kappa shape index (κ1) is 100. The molecule has 11 rings (SSSR count). The number of halogens is 4. The summed E-state index contributed by atoms with van der Waals surface area (Å²) in [6.45, 7) is 0.829. The summed E-state index contributed by atoms with van der Waals surface area (Å²) in [7, 11) is 0. The molecule has 2 saturated carbocycles. The van der Waals surface area contributed by atoms with Crippen molar-refractivity contribution < 1.29 is 148 Å². The van der Waals surface area contributed by atoms with Crippen molar-refractivity contribution in [2.24, 2.45) is 63.2 Å². The minimum absolute atomic E-state index is 0.00229. The van der Waals surface area contributed by atoms with E-state index in [-0.39, 0.29) is 64.5 Å². The van der Waals surface area contributed by atoms with Crippen molar-refractivity contribution in [2.45, 2.75) is 282 Å². The van der Waals surface area contributed by atoms with Crippen LogP contribution in [0.4, 0.5) is 31.9 Å². The summed E-state index contributed by atoms with van der Waals surface area (Å²) in [6, 6.07) is 22.7. The van der Waals surface area contributed by atoms with Gasteiger partial charge in [0.25, 0.3) is 11.8 Å². The Balaban J connectivity index is 0.000000300. The molecule has 0 spiro atoms. The van der Waals surface area contributed by atoms with Crippen LogP contribution in [-0.2, 0) is 100 Å². The Morgan fingerprint density at radius 2 is 0.944 bits per heavy atom. The van der Waals surface area contributed by atoms with Crippen molar-refractivity contribution in [3.63, 3.8) is 0 Å². The number of benzene rings is 3. The summed E-state index contributed by atoms with van der Waals surface area (Å²) in [5.74, 6) is -14.5. The molecule has 6 heterocycles. The minimum Gasteiger partial charge on any atom is -0.445 e. The van der Waals surface area contributed by atoms with E-state index in [1.807, 2.05) is 25.1 Å². The Labute approximate surface area is 724 Å². The average molecular weight is 1790 g/mol. The minimum atomic E-state index is -3.89. The highest BCUT2D eigenvalue weighted by molar-refractivity contribution is 5.84. The van der Waals surface area contributed by atoms with Crippen molar-refractivity contribution in [1.29, 1.82) is 0 Å². The normalized spacial score (nSPS) is 35.1. The van der Waals surface area contributed by atoms with Crippen LogP contribution in [0.2, 0.25) is 0 Å². The number of azide groups is 1. The summed E-state index contributed by atoms with van der Waals surface area (Å²) in [5, 5.41) is 88.9. The topological polar surface area (TPSA) is 606 Å². The van der Waals surface area contributed by atoms with Crippen molar-refractivity contribution >= 4 is 29.8 Å². The summed E-state index contributed by atoms with van der Waals surface area (Å²) in [4.78, 5) is 67.8. The van der Waals surface area contributed by atoms with Crippen LogP contribution in [0.5, 0.6) is 0 Å². The van der Waals surface area contributed by atoms with Crippen LogP contribution < -0.4 is 50.4 Å². The first-order valence-electron chi connectivity index (χ1n) is 42.2. The number of hydrogen-bond acceptors (Lipinski definition) is 34. The first-order valence-corrected chi connectivity index (χ1v) is 42.2. The quantitative estimate of drug-likeness (QED) is 0.00969. The predicted octanol–water partition coefficient (Wildman–Crippen LogP) is 1.69. The van der Waals surface area contributed by atoms with Crippen molar-refractivity contribution in [1.82, 2.24) is 16.0 Å². The van der Waals surface area contributed by atoms with E-state index < -0.39 is 264 Å². The number of alkyl halides is 4. The molecule has 3 amide bonds. The SMILES string of the molecule is CC[C@@H]1C=C[C@@H](NC(=O)OCc2ccccc2)[C@@H](O[C@H]2[C@H](O[C@@H]3O[C@H](CO)[C@@H](O[C@H]4O[C@@H](CNC(=O)OCc5ccccc5)C=C[C@H]4NC(=O)OCc4ccccc4)[C@H]3O)[C@@H](O)[C@H](CC(=O)[C@@H](C)C(F)(F)CN=[N+]=[N-])C[C@@H]2C)O1.NC[C@@H]1CC[C@@H](N)[C@@H](O[C@H]2[C@H](O[C@@H]3O[C@H](CO)[C@@H](O[C@H]4O[C@@H](CN)CC[C@H]4N)[C@H]3O)[C@@H](O)[C@H](CC(=O)[C@@H](O)C(F)(F)CN)C[C@@H]2N)O1. The van der Waals surface area contributed by atoms with Crippen molar-refractivity contribution in [3.05, 3.63) is 142 Å². The molecular formula is C83H120F4N12O27.